The molecule has 1 aliphatic rings. The number of rotatable bonds is 11. The minimum atomic E-state index is -0.706. The second-order valence-electron chi connectivity index (χ2n) is 8.30. The van der Waals surface area contributed by atoms with Crippen LogP contribution in [-0.2, 0) is 14.3 Å². The maximum absolute atomic E-state index is 13.0. The van der Waals surface area contributed by atoms with Crippen molar-refractivity contribution in [3.8, 4) is 11.5 Å². The van der Waals surface area contributed by atoms with Crippen molar-refractivity contribution in [2.45, 2.75) is 26.3 Å². The van der Waals surface area contributed by atoms with Crippen LogP contribution in [0.3, 0.4) is 0 Å². The van der Waals surface area contributed by atoms with Crippen LogP contribution in [-0.4, -0.2) is 63.9 Å². The van der Waals surface area contributed by atoms with Gasteiger partial charge in [0.2, 0.25) is 0 Å². The molecule has 198 valence electrons. The van der Waals surface area contributed by atoms with Crippen LogP contribution >= 0.6 is 0 Å². The molecule has 0 fully saturated rings. The van der Waals surface area contributed by atoms with E-state index >= 15 is 0 Å². The lowest BCUT2D eigenvalue weighted by molar-refractivity contribution is -0.140. The van der Waals surface area contributed by atoms with E-state index in [0.29, 0.717) is 46.1 Å². The Kier molecular flexibility index (Phi) is 9.51. The van der Waals surface area contributed by atoms with Crippen LogP contribution in [0.25, 0.3) is 0 Å². The number of amides is 3. The summed E-state index contributed by atoms with van der Waals surface area (Å²) in [4.78, 5) is 40.2. The van der Waals surface area contributed by atoms with Crippen molar-refractivity contribution in [3.63, 3.8) is 0 Å². The third kappa shape index (κ3) is 6.39. The largest absolute Gasteiger partial charge is 0.497 e. The Morgan fingerprint density at radius 3 is 2.38 bits per heavy atom. The molecule has 0 radical (unpaired) electrons. The van der Waals surface area contributed by atoms with Crippen LogP contribution in [0.15, 0.2) is 53.7 Å². The van der Waals surface area contributed by atoms with E-state index in [4.69, 9.17) is 18.9 Å². The maximum Gasteiger partial charge on any atom is 0.338 e. The number of carbonyl (C=O) groups excluding carboxylic acids is 3. The molecule has 2 aromatic rings. The SMILES string of the molecule is CCCN1C(=O)N[C@@H](c2ccc(NC(=O)c3ccc(OC)cc3OC)cc2)C(C(=O)OCCOC)=C1C. The first-order valence-electron chi connectivity index (χ1n) is 11.9. The average Bonchev–Trinajstić information content (AvgIpc) is 2.90. The van der Waals surface area contributed by atoms with Gasteiger partial charge in [-0.05, 0) is 43.2 Å². The zero-order chi connectivity index (χ0) is 26.9. The van der Waals surface area contributed by atoms with Crippen LogP contribution in [0.4, 0.5) is 10.5 Å². The van der Waals surface area contributed by atoms with Gasteiger partial charge in [0.25, 0.3) is 5.91 Å². The first kappa shape index (κ1) is 27.5. The number of urea groups is 1. The van der Waals surface area contributed by atoms with Crippen molar-refractivity contribution in [2.75, 3.05) is 46.4 Å². The Balaban J connectivity index is 1.85. The molecule has 0 unspecified atom stereocenters. The molecule has 37 heavy (non-hydrogen) atoms. The van der Waals surface area contributed by atoms with Crippen LogP contribution in [0.2, 0.25) is 0 Å². The molecule has 0 aliphatic carbocycles. The summed E-state index contributed by atoms with van der Waals surface area (Å²) in [5, 5.41) is 5.75. The smallest absolute Gasteiger partial charge is 0.338 e. The number of nitrogens with one attached hydrogen (secondary N) is 2. The highest BCUT2D eigenvalue weighted by atomic mass is 16.6. The summed E-state index contributed by atoms with van der Waals surface area (Å²) in [5.74, 6) is 0.0770. The Morgan fingerprint density at radius 1 is 1.03 bits per heavy atom. The Morgan fingerprint density at radius 2 is 1.76 bits per heavy atom. The van der Waals surface area contributed by atoms with Gasteiger partial charge in [-0.25, -0.2) is 9.59 Å². The predicted octanol–water partition coefficient (Wildman–Crippen LogP) is 3.90. The lowest BCUT2D eigenvalue weighted by Gasteiger charge is -2.35. The molecule has 1 atom stereocenters. The highest BCUT2D eigenvalue weighted by molar-refractivity contribution is 6.06. The van der Waals surface area contributed by atoms with Gasteiger partial charge in [0.05, 0.1) is 38.0 Å². The van der Waals surface area contributed by atoms with Gasteiger partial charge in [-0.2, -0.15) is 0 Å². The van der Waals surface area contributed by atoms with Gasteiger partial charge in [0, 0.05) is 31.1 Å². The molecule has 10 nitrogen and oxygen atoms in total. The molecule has 2 N–H and O–H groups in total. The van der Waals surface area contributed by atoms with E-state index in [0.717, 1.165) is 6.42 Å². The van der Waals surface area contributed by atoms with Crippen molar-refractivity contribution in [1.29, 1.82) is 0 Å². The molecule has 0 spiro atoms. The summed E-state index contributed by atoms with van der Waals surface area (Å²) >= 11 is 0. The predicted molar refractivity (Wildman–Crippen MR) is 138 cm³/mol. The highest BCUT2D eigenvalue weighted by Gasteiger charge is 2.36. The summed E-state index contributed by atoms with van der Waals surface area (Å²) in [6.07, 6.45) is 0.731. The van der Waals surface area contributed by atoms with Crippen LogP contribution in [0, 0.1) is 0 Å². The van der Waals surface area contributed by atoms with E-state index in [1.54, 1.807) is 54.3 Å². The molecule has 0 bridgehead atoms. The number of ether oxygens (including phenoxy) is 4. The van der Waals surface area contributed by atoms with Crippen LogP contribution < -0.4 is 20.1 Å². The summed E-state index contributed by atoms with van der Waals surface area (Å²) < 4.78 is 20.9. The molecular weight excluding hydrogens is 478 g/mol. The zero-order valence-corrected chi connectivity index (χ0v) is 21.8. The van der Waals surface area contributed by atoms with E-state index in [2.05, 4.69) is 10.6 Å². The van der Waals surface area contributed by atoms with E-state index < -0.39 is 12.0 Å². The first-order chi connectivity index (χ1) is 17.8. The quantitative estimate of drug-likeness (QED) is 0.347. The zero-order valence-electron chi connectivity index (χ0n) is 21.8. The minimum absolute atomic E-state index is 0.0976. The van der Waals surface area contributed by atoms with Gasteiger partial charge < -0.3 is 29.6 Å². The number of hydrogen-bond acceptors (Lipinski definition) is 7. The number of nitrogens with zero attached hydrogens (tertiary/aromatic N) is 1. The summed E-state index contributed by atoms with van der Waals surface area (Å²) in [6, 6.07) is 10.8. The molecule has 1 aliphatic heterocycles. The molecule has 3 rings (SSSR count). The lowest BCUT2D eigenvalue weighted by atomic mass is 9.94. The van der Waals surface area contributed by atoms with Crippen LogP contribution in [0.1, 0.15) is 42.2 Å². The van der Waals surface area contributed by atoms with Gasteiger partial charge in [0.1, 0.15) is 18.1 Å². The third-order valence-electron chi connectivity index (χ3n) is 5.94. The number of esters is 1. The summed E-state index contributed by atoms with van der Waals surface area (Å²) in [6.45, 7) is 4.53. The van der Waals surface area contributed by atoms with Gasteiger partial charge >= 0.3 is 12.0 Å². The normalized spacial score (nSPS) is 15.2. The second-order valence-corrected chi connectivity index (χ2v) is 8.30. The van der Waals surface area contributed by atoms with Crippen LogP contribution in [0.5, 0.6) is 11.5 Å². The number of benzene rings is 2. The molecule has 2 aromatic carbocycles. The van der Waals surface area contributed by atoms with Gasteiger partial charge in [-0.1, -0.05) is 19.1 Å². The average molecular weight is 512 g/mol. The first-order valence-corrected chi connectivity index (χ1v) is 11.9. The topological polar surface area (TPSA) is 115 Å². The molecule has 3 amide bonds. The molecule has 1 heterocycles. The standard InChI is InChI=1S/C27H33N3O7/c1-6-13-30-17(2)23(26(32)37-15-14-34-3)24(29-27(30)33)18-7-9-19(10-8-18)28-25(31)21-12-11-20(35-4)16-22(21)36-5/h7-12,16,24H,6,13-15H2,1-5H3,(H,28,31)(H,29,33)/t24-/m0/s1. The fourth-order valence-electron chi connectivity index (χ4n) is 4.03. The molecule has 10 heteroatoms. The number of anilines is 1. The number of hydrogen-bond donors (Lipinski definition) is 2. The summed E-state index contributed by atoms with van der Waals surface area (Å²) in [7, 11) is 4.54. The second kappa shape index (κ2) is 12.8. The Hall–Kier alpha value is -4.05. The fourth-order valence-corrected chi connectivity index (χ4v) is 4.03. The molecule has 0 saturated heterocycles. The molecule has 0 saturated carbocycles. The number of methoxy groups -OCH3 is 3. The fraction of sp³-hybridized carbons (Fsp3) is 0.370. The van der Waals surface area contributed by atoms with Crippen molar-refractivity contribution >= 4 is 23.6 Å². The Labute approximate surface area is 216 Å². The van der Waals surface area contributed by atoms with E-state index in [1.807, 2.05) is 6.92 Å². The lowest BCUT2D eigenvalue weighted by Crippen LogP contribution is -2.48. The Bertz CT molecular complexity index is 1160. The van der Waals surface area contributed by atoms with Crippen molar-refractivity contribution in [3.05, 3.63) is 64.9 Å². The van der Waals surface area contributed by atoms with Gasteiger partial charge in [-0.15, -0.1) is 0 Å². The van der Waals surface area contributed by atoms with Crippen molar-refractivity contribution in [2.24, 2.45) is 0 Å². The number of carbonyl (C=O) groups is 3. The van der Waals surface area contributed by atoms with Gasteiger partial charge in [-0.3, -0.25) is 9.69 Å². The highest BCUT2D eigenvalue weighted by Crippen LogP contribution is 2.32. The maximum atomic E-state index is 13.0. The van der Waals surface area contributed by atoms with E-state index in [1.165, 1.54) is 21.3 Å². The molecular formula is C27H33N3O7. The number of allylic oxidation sites excluding steroid dienone is 1. The monoisotopic (exact) mass is 511 g/mol. The van der Waals surface area contributed by atoms with Gasteiger partial charge in [0.15, 0.2) is 0 Å². The third-order valence-corrected chi connectivity index (χ3v) is 5.94. The summed E-state index contributed by atoms with van der Waals surface area (Å²) in [5.41, 5.74) is 2.45. The van der Waals surface area contributed by atoms with E-state index in [9.17, 15) is 14.4 Å². The minimum Gasteiger partial charge on any atom is -0.497 e. The van der Waals surface area contributed by atoms with E-state index in [-0.39, 0.29) is 25.2 Å². The van der Waals surface area contributed by atoms with Crippen molar-refractivity contribution in [1.82, 2.24) is 10.2 Å². The van der Waals surface area contributed by atoms with Crippen molar-refractivity contribution < 1.29 is 33.3 Å². The molecule has 0 aromatic heterocycles.